The van der Waals surface area contributed by atoms with Crippen LogP contribution in [-0.4, -0.2) is 34.7 Å². The minimum Gasteiger partial charge on any atom is -0.391 e. The van der Waals surface area contributed by atoms with Crippen molar-refractivity contribution in [1.82, 2.24) is 4.98 Å². The molecule has 5 heteroatoms. The summed E-state index contributed by atoms with van der Waals surface area (Å²) in [6.07, 6.45) is 1.24. The quantitative estimate of drug-likeness (QED) is 0.927. The predicted octanol–water partition coefficient (Wildman–Crippen LogP) is 2.87. The Hall–Kier alpha value is -0.260. The van der Waals surface area contributed by atoms with Crippen molar-refractivity contribution in [3.8, 4) is 0 Å². The highest BCUT2D eigenvalue weighted by Crippen LogP contribution is 2.35. The normalized spacial score (nSPS) is 20.4. The van der Waals surface area contributed by atoms with E-state index in [0.29, 0.717) is 6.04 Å². The minimum atomic E-state index is -0.00191. The number of thiazole rings is 1. The number of aromatic nitrogens is 1. The van der Waals surface area contributed by atoms with Crippen LogP contribution in [0.3, 0.4) is 0 Å². The molecule has 3 nitrogen and oxygen atoms in total. The maximum Gasteiger partial charge on any atom is 0.185 e. The third-order valence-corrected chi connectivity index (χ3v) is 5.57. The lowest BCUT2D eigenvalue weighted by molar-refractivity contribution is 0.282. The standard InChI is InChI=1S/C13H22N2OS2/c1-13(2,3)11-10(7-16)18-12(14-11)15(4)9-5-6-17-8-9/h9,16H,5-8H2,1-4H3. The number of aliphatic hydroxyl groups excluding tert-OH is 1. The van der Waals surface area contributed by atoms with Crippen LogP contribution in [-0.2, 0) is 12.0 Å². The summed E-state index contributed by atoms with van der Waals surface area (Å²) in [6, 6.07) is 0.598. The van der Waals surface area contributed by atoms with E-state index in [9.17, 15) is 5.11 Å². The second-order valence-corrected chi connectivity index (χ2v) is 8.02. The molecule has 1 unspecified atom stereocenters. The van der Waals surface area contributed by atoms with Crippen LogP contribution in [0.15, 0.2) is 0 Å². The summed E-state index contributed by atoms with van der Waals surface area (Å²) in [5.41, 5.74) is 1.04. The van der Waals surface area contributed by atoms with Crippen molar-refractivity contribution in [3.63, 3.8) is 0 Å². The Morgan fingerprint density at radius 3 is 2.61 bits per heavy atom. The minimum absolute atomic E-state index is 0.00191. The van der Waals surface area contributed by atoms with Gasteiger partial charge in [0.05, 0.1) is 17.2 Å². The second kappa shape index (κ2) is 5.39. The van der Waals surface area contributed by atoms with Gasteiger partial charge in [-0.3, -0.25) is 0 Å². The summed E-state index contributed by atoms with van der Waals surface area (Å²) < 4.78 is 0. The van der Waals surface area contributed by atoms with E-state index in [1.807, 2.05) is 11.8 Å². The lowest BCUT2D eigenvalue weighted by Gasteiger charge is -2.23. The average Bonchev–Trinajstić information content (AvgIpc) is 2.96. The highest BCUT2D eigenvalue weighted by Gasteiger charge is 2.27. The Balaban J connectivity index is 2.26. The van der Waals surface area contributed by atoms with Crippen LogP contribution in [0.1, 0.15) is 37.8 Å². The molecule has 18 heavy (non-hydrogen) atoms. The van der Waals surface area contributed by atoms with Gasteiger partial charge in [-0.15, -0.1) is 0 Å². The van der Waals surface area contributed by atoms with Crippen LogP contribution >= 0.6 is 23.1 Å². The molecule has 0 bridgehead atoms. The van der Waals surface area contributed by atoms with Gasteiger partial charge in [0.1, 0.15) is 0 Å². The van der Waals surface area contributed by atoms with Crippen LogP contribution in [0.5, 0.6) is 0 Å². The third-order valence-electron chi connectivity index (χ3n) is 3.30. The van der Waals surface area contributed by atoms with Gasteiger partial charge < -0.3 is 10.0 Å². The number of rotatable bonds is 3. The van der Waals surface area contributed by atoms with Gasteiger partial charge >= 0.3 is 0 Å². The molecule has 2 heterocycles. The van der Waals surface area contributed by atoms with Gasteiger partial charge in [-0.25, -0.2) is 4.98 Å². The topological polar surface area (TPSA) is 36.4 Å². The number of hydrogen-bond donors (Lipinski definition) is 1. The maximum atomic E-state index is 9.49. The molecule has 0 saturated carbocycles. The van der Waals surface area contributed by atoms with Crippen LogP contribution < -0.4 is 4.90 Å². The second-order valence-electron chi connectivity index (χ2n) is 5.80. The Labute approximate surface area is 118 Å². The van der Waals surface area contributed by atoms with Crippen LogP contribution in [0.25, 0.3) is 0 Å². The number of anilines is 1. The fourth-order valence-electron chi connectivity index (χ4n) is 2.17. The fourth-order valence-corrected chi connectivity index (χ4v) is 4.60. The van der Waals surface area contributed by atoms with E-state index >= 15 is 0 Å². The van der Waals surface area contributed by atoms with E-state index in [2.05, 4.69) is 32.7 Å². The summed E-state index contributed by atoms with van der Waals surface area (Å²) >= 11 is 3.65. The van der Waals surface area contributed by atoms with Gasteiger partial charge in [0.2, 0.25) is 0 Å². The third kappa shape index (κ3) is 2.83. The van der Waals surface area contributed by atoms with Gasteiger partial charge in [0.25, 0.3) is 0 Å². The van der Waals surface area contributed by atoms with Gasteiger partial charge in [-0.2, -0.15) is 11.8 Å². The Kier molecular flexibility index (Phi) is 4.24. The predicted molar refractivity (Wildman–Crippen MR) is 80.9 cm³/mol. The fraction of sp³-hybridized carbons (Fsp3) is 0.769. The van der Waals surface area contributed by atoms with Gasteiger partial charge in [-0.1, -0.05) is 32.1 Å². The number of aliphatic hydroxyl groups is 1. The molecule has 0 amide bonds. The first-order valence-corrected chi connectivity index (χ1v) is 8.32. The zero-order chi connectivity index (χ0) is 13.3. The Morgan fingerprint density at radius 1 is 1.44 bits per heavy atom. The molecule has 0 aliphatic carbocycles. The molecule has 1 N–H and O–H groups in total. The molecule has 1 aliphatic heterocycles. The van der Waals surface area contributed by atoms with Crippen molar-refractivity contribution < 1.29 is 5.11 Å². The first kappa shape index (κ1) is 14.2. The van der Waals surface area contributed by atoms with Crippen molar-refractivity contribution in [1.29, 1.82) is 0 Å². The zero-order valence-corrected chi connectivity index (χ0v) is 13.2. The van der Waals surface area contributed by atoms with Crippen molar-refractivity contribution >= 4 is 28.2 Å². The highest BCUT2D eigenvalue weighted by atomic mass is 32.2. The SMILES string of the molecule is CN(c1nc(C(C)(C)C)c(CO)s1)C1CCSC1. The van der Waals surface area contributed by atoms with Crippen molar-refractivity contribution in [3.05, 3.63) is 10.6 Å². The highest BCUT2D eigenvalue weighted by molar-refractivity contribution is 7.99. The van der Waals surface area contributed by atoms with E-state index in [0.717, 1.165) is 15.7 Å². The molecule has 0 spiro atoms. The molecule has 1 fully saturated rings. The smallest absolute Gasteiger partial charge is 0.185 e. The largest absolute Gasteiger partial charge is 0.391 e. The molecule has 1 aromatic rings. The summed E-state index contributed by atoms with van der Waals surface area (Å²) in [4.78, 5) is 8.07. The van der Waals surface area contributed by atoms with Crippen LogP contribution in [0.2, 0.25) is 0 Å². The Morgan fingerprint density at radius 2 is 2.17 bits per heavy atom. The maximum absolute atomic E-state index is 9.49. The van der Waals surface area contributed by atoms with E-state index in [4.69, 9.17) is 4.98 Å². The van der Waals surface area contributed by atoms with Crippen molar-refractivity contribution in [2.24, 2.45) is 0 Å². The molecular formula is C13H22N2OS2. The molecule has 1 saturated heterocycles. The van der Waals surface area contributed by atoms with Crippen LogP contribution in [0.4, 0.5) is 5.13 Å². The molecule has 1 aromatic heterocycles. The Bertz CT molecular complexity index is 406. The number of hydrogen-bond acceptors (Lipinski definition) is 5. The average molecular weight is 286 g/mol. The summed E-state index contributed by atoms with van der Waals surface area (Å²) in [5.74, 6) is 2.44. The number of nitrogens with zero attached hydrogens (tertiary/aromatic N) is 2. The molecule has 0 radical (unpaired) electrons. The monoisotopic (exact) mass is 286 g/mol. The van der Waals surface area contributed by atoms with Crippen molar-refractivity contribution in [2.75, 3.05) is 23.5 Å². The first-order chi connectivity index (χ1) is 8.43. The van der Waals surface area contributed by atoms with Gasteiger partial charge in [0, 0.05) is 24.3 Å². The molecule has 1 atom stereocenters. The molecule has 2 rings (SSSR count). The number of thioether (sulfide) groups is 1. The van der Waals surface area contributed by atoms with E-state index < -0.39 is 0 Å². The van der Waals surface area contributed by atoms with Crippen molar-refractivity contribution in [2.45, 2.75) is 45.3 Å². The molecular weight excluding hydrogens is 264 g/mol. The van der Waals surface area contributed by atoms with E-state index in [1.54, 1.807) is 11.3 Å². The van der Waals surface area contributed by atoms with Gasteiger partial charge in [0.15, 0.2) is 5.13 Å². The van der Waals surface area contributed by atoms with E-state index in [-0.39, 0.29) is 12.0 Å². The molecule has 102 valence electrons. The zero-order valence-electron chi connectivity index (χ0n) is 11.6. The molecule has 1 aliphatic rings. The summed E-state index contributed by atoms with van der Waals surface area (Å²) in [6.45, 7) is 6.54. The summed E-state index contributed by atoms with van der Waals surface area (Å²) in [7, 11) is 2.13. The first-order valence-electron chi connectivity index (χ1n) is 6.35. The van der Waals surface area contributed by atoms with Crippen LogP contribution in [0, 0.1) is 0 Å². The lowest BCUT2D eigenvalue weighted by Crippen LogP contribution is -2.31. The van der Waals surface area contributed by atoms with E-state index in [1.165, 1.54) is 17.9 Å². The lowest BCUT2D eigenvalue weighted by atomic mass is 9.91. The summed E-state index contributed by atoms with van der Waals surface area (Å²) in [5, 5.41) is 10.5. The van der Waals surface area contributed by atoms with Gasteiger partial charge in [-0.05, 0) is 12.2 Å². The molecule has 0 aromatic carbocycles.